The van der Waals surface area contributed by atoms with E-state index in [4.69, 9.17) is 14.1 Å². The van der Waals surface area contributed by atoms with Crippen LogP contribution in [0.5, 0.6) is 5.75 Å². The van der Waals surface area contributed by atoms with Gasteiger partial charge in [-0.1, -0.05) is 12.1 Å². The molecule has 2 aliphatic heterocycles. The van der Waals surface area contributed by atoms with Crippen molar-refractivity contribution in [2.45, 2.75) is 57.5 Å². The number of aromatic nitrogens is 4. The first-order chi connectivity index (χ1) is 24.8. The first kappa shape index (κ1) is 31.7. The van der Waals surface area contributed by atoms with E-state index in [-0.39, 0.29) is 35.4 Å². The van der Waals surface area contributed by atoms with Gasteiger partial charge in [0.2, 0.25) is 17.6 Å². The Kier molecular flexibility index (Phi) is 7.57. The molecule has 0 spiro atoms. The largest absolute Gasteiger partial charge is 0.493 e. The standard InChI is InChI=1S/C38H31F3N6O3S/c1-18-45-46-37(50-18)29-26(11-7-19-5-8-21(39)9-6-19)43-33-27-4-3-15-47(27)38(48)31(33)30(29)28-16-20-13-14-42-36(35(20)51-28)44-25-12-10-22-23(25)17-24(40)32(41)34(22)49-2/h5-6,8-9,13-14,16-17,25,27H,3-4,7,10-12,15H2,1-2H3,(H,42,44)/t25?,27-/m0/s1. The van der Waals surface area contributed by atoms with Crippen LogP contribution in [0.1, 0.15) is 75.7 Å². The van der Waals surface area contributed by atoms with E-state index in [0.29, 0.717) is 71.8 Å². The lowest BCUT2D eigenvalue weighted by Gasteiger charge is -2.17. The van der Waals surface area contributed by atoms with Gasteiger partial charge in [0.25, 0.3) is 5.91 Å². The lowest BCUT2D eigenvalue weighted by atomic mass is 9.93. The van der Waals surface area contributed by atoms with Gasteiger partial charge in [0.15, 0.2) is 11.6 Å². The van der Waals surface area contributed by atoms with Crippen molar-refractivity contribution in [2.75, 3.05) is 19.0 Å². The molecule has 1 aliphatic carbocycles. The number of pyridine rings is 2. The van der Waals surface area contributed by atoms with Crippen molar-refractivity contribution < 1.29 is 27.1 Å². The van der Waals surface area contributed by atoms with Crippen LogP contribution in [0.3, 0.4) is 0 Å². The van der Waals surface area contributed by atoms with Crippen molar-refractivity contribution in [1.29, 1.82) is 0 Å². The first-order valence-electron chi connectivity index (χ1n) is 16.9. The number of hydrogen-bond donors (Lipinski definition) is 1. The highest BCUT2D eigenvalue weighted by Crippen LogP contribution is 2.51. The van der Waals surface area contributed by atoms with Gasteiger partial charge in [-0.15, -0.1) is 21.5 Å². The number of benzene rings is 2. The van der Waals surface area contributed by atoms with Crippen LogP contribution < -0.4 is 10.1 Å². The molecule has 3 aliphatic rings. The monoisotopic (exact) mass is 708 g/mol. The Labute approximate surface area is 294 Å². The number of carbonyl (C=O) groups is 1. The Morgan fingerprint density at radius 1 is 1.04 bits per heavy atom. The summed E-state index contributed by atoms with van der Waals surface area (Å²) in [6.45, 7) is 2.37. The maximum Gasteiger partial charge on any atom is 0.257 e. The second kappa shape index (κ2) is 12.2. The van der Waals surface area contributed by atoms with Crippen molar-refractivity contribution in [3.05, 3.63) is 106 Å². The number of fused-ring (bicyclic) bond motifs is 5. The molecule has 0 radical (unpaired) electrons. The second-order valence-corrected chi connectivity index (χ2v) is 14.2. The number of carbonyl (C=O) groups excluding carboxylic acids is 1. The summed E-state index contributed by atoms with van der Waals surface area (Å²) in [5, 5.41) is 13.0. The van der Waals surface area contributed by atoms with Crippen LogP contribution in [0.15, 0.2) is 53.1 Å². The quantitative estimate of drug-likeness (QED) is 0.168. The predicted molar refractivity (Wildman–Crippen MR) is 185 cm³/mol. The highest BCUT2D eigenvalue weighted by atomic mass is 32.1. The third kappa shape index (κ3) is 5.16. The zero-order chi connectivity index (χ0) is 35.0. The van der Waals surface area contributed by atoms with Crippen LogP contribution in [0.2, 0.25) is 0 Å². The second-order valence-electron chi connectivity index (χ2n) is 13.2. The van der Waals surface area contributed by atoms with Crippen molar-refractivity contribution >= 4 is 33.1 Å². The minimum Gasteiger partial charge on any atom is -0.493 e. The SMILES string of the molecule is COc1c(F)c(F)cc2c1CCC2Nc1nccc2cc(-c3c4c(nc(CCc5ccc(F)cc5)c3-c3nnc(C)o3)[C@@H]3CCCN3C4=O)sc12. The lowest BCUT2D eigenvalue weighted by Crippen LogP contribution is -2.22. The van der Waals surface area contributed by atoms with Gasteiger partial charge in [-0.05, 0) is 85.4 Å². The van der Waals surface area contributed by atoms with Crippen molar-refractivity contribution in [3.8, 4) is 27.6 Å². The molecule has 1 fully saturated rings. The summed E-state index contributed by atoms with van der Waals surface area (Å²) in [6, 6.07) is 11.2. The Hall–Kier alpha value is -5.30. The van der Waals surface area contributed by atoms with Gasteiger partial charge >= 0.3 is 0 Å². The summed E-state index contributed by atoms with van der Waals surface area (Å²) in [5.74, 6) is -1.13. The minimum atomic E-state index is -0.982. The number of anilines is 1. The minimum absolute atomic E-state index is 0.0605. The highest BCUT2D eigenvalue weighted by molar-refractivity contribution is 7.23. The van der Waals surface area contributed by atoms with E-state index < -0.39 is 11.6 Å². The maximum atomic E-state index is 14.6. The Morgan fingerprint density at radius 3 is 2.67 bits per heavy atom. The van der Waals surface area contributed by atoms with Crippen molar-refractivity contribution in [2.24, 2.45) is 0 Å². The molecule has 9 nitrogen and oxygen atoms in total. The fourth-order valence-electron chi connectivity index (χ4n) is 7.91. The fraction of sp³-hybridized carbons (Fsp3) is 0.289. The third-order valence-electron chi connectivity index (χ3n) is 10.2. The molecule has 1 saturated heterocycles. The molecule has 1 unspecified atom stereocenters. The molecule has 1 N–H and O–H groups in total. The van der Waals surface area contributed by atoms with Gasteiger partial charge < -0.3 is 19.4 Å². The number of halogens is 3. The summed E-state index contributed by atoms with van der Waals surface area (Å²) in [5.41, 5.74) is 5.54. The molecule has 6 heterocycles. The van der Waals surface area contributed by atoms with Crippen LogP contribution >= 0.6 is 11.3 Å². The number of aryl methyl sites for hydroxylation is 3. The molecule has 6 aromatic rings. The number of methoxy groups -OCH3 is 1. The zero-order valence-corrected chi connectivity index (χ0v) is 28.5. The smallest absolute Gasteiger partial charge is 0.257 e. The molecule has 2 atom stereocenters. The number of nitrogens with one attached hydrogen (secondary N) is 1. The topological polar surface area (TPSA) is 106 Å². The van der Waals surface area contributed by atoms with Crippen LogP contribution in [0.4, 0.5) is 19.0 Å². The Morgan fingerprint density at radius 2 is 1.88 bits per heavy atom. The molecule has 13 heteroatoms. The van der Waals surface area contributed by atoms with Gasteiger partial charge in [0.05, 0.1) is 46.4 Å². The summed E-state index contributed by atoms with van der Waals surface area (Å²) < 4.78 is 55.0. The fourth-order valence-corrected chi connectivity index (χ4v) is 9.07. The molecule has 9 rings (SSSR count). The summed E-state index contributed by atoms with van der Waals surface area (Å²) in [6.07, 6.45) is 5.63. The number of nitrogens with zero attached hydrogens (tertiary/aromatic N) is 5. The van der Waals surface area contributed by atoms with Crippen molar-refractivity contribution in [1.82, 2.24) is 25.1 Å². The van der Waals surface area contributed by atoms with Gasteiger partial charge in [-0.25, -0.2) is 13.8 Å². The molecule has 1 amide bonds. The number of hydrogen-bond acceptors (Lipinski definition) is 9. The van der Waals surface area contributed by atoms with E-state index in [1.165, 1.54) is 36.6 Å². The van der Waals surface area contributed by atoms with Gasteiger partial charge in [0, 0.05) is 35.7 Å². The Bertz CT molecular complexity index is 2380. The molecule has 0 saturated carbocycles. The molecular formula is C38H31F3N6O3S. The number of rotatable bonds is 8. The highest BCUT2D eigenvalue weighted by Gasteiger charge is 2.45. The van der Waals surface area contributed by atoms with Gasteiger partial charge in [0.1, 0.15) is 11.6 Å². The zero-order valence-electron chi connectivity index (χ0n) is 27.7. The van der Waals surface area contributed by atoms with Gasteiger partial charge in [-0.3, -0.25) is 9.78 Å². The van der Waals surface area contributed by atoms with E-state index in [0.717, 1.165) is 44.8 Å². The summed E-state index contributed by atoms with van der Waals surface area (Å²) >= 11 is 1.48. The summed E-state index contributed by atoms with van der Waals surface area (Å²) in [7, 11) is 1.34. The number of amides is 1. The van der Waals surface area contributed by atoms with E-state index in [1.807, 2.05) is 17.0 Å². The predicted octanol–water partition coefficient (Wildman–Crippen LogP) is 8.32. The maximum absolute atomic E-state index is 14.6. The third-order valence-corrected chi connectivity index (χ3v) is 11.4. The normalized spacial score (nSPS) is 17.7. The molecule has 51 heavy (non-hydrogen) atoms. The molecule has 258 valence electrons. The van der Waals surface area contributed by atoms with Crippen LogP contribution in [0.25, 0.3) is 32.0 Å². The van der Waals surface area contributed by atoms with E-state index in [1.54, 1.807) is 25.3 Å². The molecular weight excluding hydrogens is 678 g/mol. The Balaban J connectivity index is 1.19. The first-order valence-corrected chi connectivity index (χ1v) is 17.7. The average molecular weight is 709 g/mol. The average Bonchev–Trinajstić information content (AvgIpc) is 3.97. The van der Waals surface area contributed by atoms with Crippen molar-refractivity contribution in [3.63, 3.8) is 0 Å². The van der Waals surface area contributed by atoms with E-state index in [2.05, 4.69) is 20.5 Å². The summed E-state index contributed by atoms with van der Waals surface area (Å²) in [4.78, 5) is 26.8. The number of ether oxygens (including phenoxy) is 1. The molecule has 2 aromatic carbocycles. The van der Waals surface area contributed by atoms with E-state index >= 15 is 0 Å². The van der Waals surface area contributed by atoms with Gasteiger partial charge in [-0.2, -0.15) is 4.39 Å². The molecule has 4 aromatic heterocycles. The number of thiophene rings is 1. The van der Waals surface area contributed by atoms with E-state index in [9.17, 15) is 18.0 Å². The lowest BCUT2D eigenvalue weighted by molar-refractivity contribution is 0.0776. The van der Waals surface area contributed by atoms with Crippen LogP contribution in [0, 0.1) is 24.4 Å². The van der Waals surface area contributed by atoms with Crippen LogP contribution in [-0.4, -0.2) is 44.6 Å². The molecule has 0 bridgehead atoms. The van der Waals surface area contributed by atoms with Crippen LogP contribution in [-0.2, 0) is 19.3 Å².